The normalized spacial score (nSPS) is 18.5. The smallest absolute Gasteiger partial charge is 0.251 e. The molecule has 230 valence electrons. The van der Waals surface area contributed by atoms with Gasteiger partial charge in [-0.15, -0.1) is 0 Å². The number of alkyl halides is 2. The van der Waals surface area contributed by atoms with Gasteiger partial charge in [-0.2, -0.15) is 5.26 Å². The minimum absolute atomic E-state index is 0.0127. The van der Waals surface area contributed by atoms with Gasteiger partial charge in [-0.25, -0.2) is 28.0 Å². The molecule has 0 bridgehead atoms. The number of aromatic nitrogens is 2. The predicted octanol–water partition coefficient (Wildman–Crippen LogP) is 5.66. The Balaban J connectivity index is 1.64. The number of hydrogen-bond donors (Lipinski definition) is 1. The zero-order valence-corrected chi connectivity index (χ0v) is 24.3. The number of carbonyl (C=O) groups excluding carboxylic acids is 3. The maximum absolute atomic E-state index is 14.9. The lowest BCUT2D eigenvalue weighted by molar-refractivity contribution is -0.128. The summed E-state index contributed by atoms with van der Waals surface area (Å²) in [5.41, 5.74) is -0.258. The molecule has 1 aromatic heterocycles. The molecule has 2 aromatic carbocycles. The minimum atomic E-state index is -2.85. The first-order chi connectivity index (χ1) is 21.5. The van der Waals surface area contributed by atoms with Crippen LogP contribution in [0, 0.1) is 23.7 Å². The van der Waals surface area contributed by atoms with Crippen molar-refractivity contribution in [3.8, 4) is 6.07 Å². The highest BCUT2D eigenvalue weighted by molar-refractivity contribution is 6.31. The first-order valence-corrected chi connectivity index (χ1v) is 14.4. The van der Waals surface area contributed by atoms with Crippen molar-refractivity contribution in [2.45, 2.75) is 62.6 Å². The number of carbonyl (C=O) groups is 3. The van der Waals surface area contributed by atoms with Crippen LogP contribution in [0.15, 0.2) is 54.7 Å². The monoisotopic (exact) mass is 635 g/mol. The first-order valence-electron chi connectivity index (χ1n) is 14.0. The molecule has 2 heterocycles. The Kier molecular flexibility index (Phi) is 9.02. The summed E-state index contributed by atoms with van der Waals surface area (Å²) in [6.07, 6.45) is 0.234. The summed E-state index contributed by atoms with van der Waals surface area (Å²) >= 11 is 6.56. The van der Waals surface area contributed by atoms with Gasteiger partial charge in [0.05, 0.1) is 6.57 Å². The zero-order chi connectivity index (χ0) is 32.3. The highest BCUT2D eigenvalue weighted by Crippen LogP contribution is 2.38. The molecule has 1 saturated carbocycles. The fraction of sp³-hybridized carbons (Fsp3) is 0.323. The quantitative estimate of drug-likeness (QED) is 0.335. The van der Waals surface area contributed by atoms with Crippen LogP contribution in [0.2, 0.25) is 5.02 Å². The van der Waals surface area contributed by atoms with Gasteiger partial charge in [-0.1, -0.05) is 29.8 Å². The molecule has 1 N–H and O–H groups in total. The number of rotatable bonds is 7. The Bertz CT molecular complexity index is 1730. The van der Waals surface area contributed by atoms with Gasteiger partial charge in [-0.05, 0) is 49.6 Å². The third-order valence-corrected chi connectivity index (χ3v) is 8.10. The van der Waals surface area contributed by atoms with Crippen molar-refractivity contribution in [2.24, 2.45) is 0 Å². The van der Waals surface area contributed by atoms with E-state index in [1.165, 1.54) is 30.5 Å². The molecule has 1 aliphatic heterocycles. The molecule has 45 heavy (non-hydrogen) atoms. The van der Waals surface area contributed by atoms with Crippen molar-refractivity contribution >= 4 is 46.6 Å². The predicted molar refractivity (Wildman–Crippen MR) is 157 cm³/mol. The Hall–Kier alpha value is -5.01. The SMILES string of the molecule is [C-]#[N+]c1cc(F)cc(N(C(=O)[C@@H]2CCC(=O)N2c2nccc(C#N)n2)[C@H](C(=O)NC2CCC(F)(F)CC2)c2ccccc2Cl)c1. The summed E-state index contributed by atoms with van der Waals surface area (Å²) in [5.74, 6) is -6.08. The van der Waals surface area contributed by atoms with Gasteiger partial charge in [0.15, 0.2) is 5.69 Å². The summed E-state index contributed by atoms with van der Waals surface area (Å²) in [7, 11) is 0. The van der Waals surface area contributed by atoms with Gasteiger partial charge in [0.25, 0.3) is 5.91 Å². The van der Waals surface area contributed by atoms with Crippen LogP contribution in [0.4, 0.5) is 30.5 Å². The van der Waals surface area contributed by atoms with Gasteiger partial charge in [-0.3, -0.25) is 24.2 Å². The Morgan fingerprint density at radius 2 is 1.91 bits per heavy atom. The van der Waals surface area contributed by atoms with E-state index < -0.39 is 60.4 Å². The van der Waals surface area contributed by atoms with E-state index in [4.69, 9.17) is 18.2 Å². The van der Waals surface area contributed by atoms with Crippen molar-refractivity contribution in [3.05, 3.63) is 88.2 Å². The molecule has 2 atom stereocenters. The maximum atomic E-state index is 14.9. The summed E-state index contributed by atoms with van der Waals surface area (Å²) in [6.45, 7) is 7.45. The summed E-state index contributed by atoms with van der Waals surface area (Å²) < 4.78 is 42.7. The van der Waals surface area contributed by atoms with Gasteiger partial charge in [0, 0.05) is 47.8 Å². The fourth-order valence-electron chi connectivity index (χ4n) is 5.58. The van der Waals surface area contributed by atoms with E-state index in [-0.39, 0.29) is 59.3 Å². The largest absolute Gasteiger partial charge is 0.351 e. The molecule has 0 unspecified atom stereocenters. The van der Waals surface area contributed by atoms with E-state index >= 15 is 0 Å². The number of halogens is 4. The zero-order valence-electron chi connectivity index (χ0n) is 23.6. The molecule has 0 spiro atoms. The second-order valence-corrected chi connectivity index (χ2v) is 11.1. The van der Waals surface area contributed by atoms with Gasteiger partial charge >= 0.3 is 0 Å². The Labute approximate surface area is 261 Å². The second kappa shape index (κ2) is 12.9. The summed E-state index contributed by atoms with van der Waals surface area (Å²) in [6, 6.07) is 8.99. The average Bonchev–Trinajstić information content (AvgIpc) is 3.41. The van der Waals surface area contributed by atoms with E-state index in [0.717, 1.165) is 21.9 Å². The lowest BCUT2D eigenvalue weighted by atomic mass is 9.91. The van der Waals surface area contributed by atoms with E-state index in [0.29, 0.717) is 0 Å². The van der Waals surface area contributed by atoms with Crippen LogP contribution in [0.25, 0.3) is 4.85 Å². The second-order valence-electron chi connectivity index (χ2n) is 10.7. The van der Waals surface area contributed by atoms with Crippen LogP contribution in [0.3, 0.4) is 0 Å². The molecule has 0 radical (unpaired) electrons. The van der Waals surface area contributed by atoms with Gasteiger partial charge < -0.3 is 5.32 Å². The Morgan fingerprint density at radius 3 is 2.60 bits per heavy atom. The molecule has 2 aliphatic rings. The van der Waals surface area contributed by atoms with Crippen LogP contribution in [0.5, 0.6) is 0 Å². The van der Waals surface area contributed by atoms with Crippen molar-refractivity contribution in [3.63, 3.8) is 0 Å². The molecule has 1 saturated heterocycles. The van der Waals surface area contributed by atoms with Crippen molar-refractivity contribution in [2.75, 3.05) is 9.80 Å². The summed E-state index contributed by atoms with van der Waals surface area (Å²) in [5, 5.41) is 12.2. The van der Waals surface area contributed by atoms with Crippen LogP contribution >= 0.6 is 11.6 Å². The third-order valence-electron chi connectivity index (χ3n) is 7.75. The number of anilines is 2. The molecule has 5 rings (SSSR count). The lowest BCUT2D eigenvalue weighted by Crippen LogP contribution is -2.53. The molecule has 2 fully saturated rings. The van der Waals surface area contributed by atoms with Crippen molar-refractivity contribution < 1.29 is 27.6 Å². The van der Waals surface area contributed by atoms with E-state index in [9.17, 15) is 32.8 Å². The van der Waals surface area contributed by atoms with Gasteiger partial charge in [0.1, 0.15) is 29.7 Å². The molecule has 14 heteroatoms. The van der Waals surface area contributed by atoms with Crippen LogP contribution in [-0.4, -0.2) is 45.7 Å². The molecule has 3 amide bonds. The standard InChI is InChI=1S/C31H25ClF3N7O3/c1-37-21-14-18(33)15-22(16-21)41(29(45)25-6-7-26(43)42(25)30-38-13-10-20(17-36)40-30)27(23-4-2-3-5-24(23)32)28(44)39-19-8-11-31(34,35)12-9-19/h2-5,10,13-16,19,25,27H,6-9,11-12H2,(H,39,44)/t25-,27-/m0/s1. The fourth-order valence-corrected chi connectivity index (χ4v) is 5.82. The van der Waals surface area contributed by atoms with Crippen molar-refractivity contribution in [1.29, 1.82) is 5.26 Å². The van der Waals surface area contributed by atoms with Crippen LogP contribution in [-0.2, 0) is 14.4 Å². The topological polar surface area (TPSA) is 124 Å². The number of benzene rings is 2. The number of nitrogens with zero attached hydrogens (tertiary/aromatic N) is 6. The van der Waals surface area contributed by atoms with E-state index in [1.54, 1.807) is 12.1 Å². The molecule has 3 aromatic rings. The molecule has 1 aliphatic carbocycles. The molecule has 10 nitrogen and oxygen atoms in total. The van der Waals surface area contributed by atoms with Crippen LogP contribution < -0.4 is 15.1 Å². The number of amides is 3. The molecular weight excluding hydrogens is 611 g/mol. The average molecular weight is 636 g/mol. The maximum Gasteiger partial charge on any atom is 0.251 e. The van der Waals surface area contributed by atoms with E-state index in [1.807, 2.05) is 6.07 Å². The molecular formula is C31H25ClF3N7O3. The highest BCUT2D eigenvalue weighted by atomic mass is 35.5. The van der Waals surface area contributed by atoms with Gasteiger partial charge in [0.2, 0.25) is 23.7 Å². The minimum Gasteiger partial charge on any atom is -0.351 e. The first kappa shape index (κ1) is 31.4. The van der Waals surface area contributed by atoms with E-state index in [2.05, 4.69) is 20.1 Å². The highest BCUT2D eigenvalue weighted by Gasteiger charge is 2.45. The number of nitrogens with one attached hydrogen (secondary N) is 1. The number of hydrogen-bond acceptors (Lipinski definition) is 6. The van der Waals surface area contributed by atoms with Crippen LogP contribution in [0.1, 0.15) is 55.8 Å². The lowest BCUT2D eigenvalue weighted by Gasteiger charge is -2.37. The Morgan fingerprint density at radius 1 is 1.18 bits per heavy atom. The van der Waals surface area contributed by atoms with Crippen molar-refractivity contribution in [1.82, 2.24) is 15.3 Å². The summed E-state index contributed by atoms with van der Waals surface area (Å²) in [4.78, 5) is 55.3. The number of nitriles is 1. The third kappa shape index (κ3) is 6.74.